The number of rotatable bonds is 4. The average molecular weight is 298 g/mol. The lowest BCUT2D eigenvalue weighted by Gasteiger charge is -2.03. The van der Waals surface area contributed by atoms with Crippen LogP contribution in [0.1, 0.15) is 11.1 Å². The van der Waals surface area contributed by atoms with Gasteiger partial charge in [-0.15, -0.1) is 0 Å². The van der Waals surface area contributed by atoms with E-state index in [-0.39, 0.29) is 13.6 Å². The molecular weight excluding hydrogens is 284 g/mol. The van der Waals surface area contributed by atoms with Crippen LogP contribution in [-0.2, 0) is 6.54 Å². The monoisotopic (exact) mass is 298 g/mol. The van der Waals surface area contributed by atoms with Crippen LogP contribution in [0.4, 0.5) is 0 Å². The van der Waals surface area contributed by atoms with E-state index in [1.807, 2.05) is 36.4 Å². The Morgan fingerprint density at radius 1 is 0.864 bits per heavy atom. The first-order valence-corrected chi connectivity index (χ1v) is 6.92. The predicted octanol–water partition coefficient (Wildman–Crippen LogP) is 2.27. The van der Waals surface area contributed by atoms with Gasteiger partial charge in [0.05, 0.1) is 12.8 Å². The van der Waals surface area contributed by atoms with Gasteiger partial charge in [-0.2, -0.15) is 5.10 Å². The predicted molar refractivity (Wildman–Crippen MR) is 79.6 cm³/mol. The van der Waals surface area contributed by atoms with Gasteiger partial charge >= 0.3 is 0 Å². The fraction of sp³-hybridized carbons (Fsp3) is 0.188. The van der Waals surface area contributed by atoms with E-state index in [1.54, 1.807) is 6.21 Å². The topological polar surface area (TPSA) is 61.3 Å². The zero-order chi connectivity index (χ0) is 14.8. The van der Waals surface area contributed by atoms with Crippen molar-refractivity contribution in [2.45, 2.75) is 6.54 Å². The Morgan fingerprint density at radius 2 is 1.55 bits per heavy atom. The van der Waals surface area contributed by atoms with E-state index in [0.717, 1.165) is 34.1 Å². The van der Waals surface area contributed by atoms with Crippen molar-refractivity contribution in [2.24, 2.45) is 5.10 Å². The first-order chi connectivity index (χ1) is 10.9. The maximum atomic E-state index is 5.34. The summed E-state index contributed by atoms with van der Waals surface area (Å²) in [5.41, 5.74) is 5.03. The van der Waals surface area contributed by atoms with Crippen LogP contribution in [0.2, 0.25) is 0 Å². The van der Waals surface area contributed by atoms with Crippen molar-refractivity contribution in [1.82, 2.24) is 5.43 Å². The molecule has 6 nitrogen and oxygen atoms in total. The molecule has 0 bridgehead atoms. The number of fused-ring (bicyclic) bond motifs is 2. The highest BCUT2D eigenvalue weighted by Gasteiger charge is 2.13. The zero-order valence-corrected chi connectivity index (χ0v) is 11.7. The summed E-state index contributed by atoms with van der Waals surface area (Å²) in [6, 6.07) is 11.5. The van der Waals surface area contributed by atoms with Gasteiger partial charge < -0.3 is 24.4 Å². The Morgan fingerprint density at radius 3 is 2.36 bits per heavy atom. The molecule has 0 radical (unpaired) electrons. The van der Waals surface area contributed by atoms with Crippen molar-refractivity contribution in [3.8, 4) is 23.0 Å². The second-order valence-electron chi connectivity index (χ2n) is 4.89. The Bertz CT molecular complexity index is 730. The number of ether oxygens (including phenoxy) is 4. The first kappa shape index (κ1) is 12.8. The highest BCUT2D eigenvalue weighted by atomic mass is 16.7. The molecule has 112 valence electrons. The fourth-order valence-electron chi connectivity index (χ4n) is 2.30. The molecule has 0 atom stereocenters. The zero-order valence-electron chi connectivity index (χ0n) is 11.7. The molecule has 0 aliphatic carbocycles. The number of nitrogens with one attached hydrogen (secondary N) is 1. The minimum atomic E-state index is 0.276. The first-order valence-electron chi connectivity index (χ1n) is 6.92. The lowest BCUT2D eigenvalue weighted by molar-refractivity contribution is 0.173. The van der Waals surface area contributed by atoms with Crippen LogP contribution >= 0.6 is 0 Å². The summed E-state index contributed by atoms with van der Waals surface area (Å²) in [4.78, 5) is 0. The molecule has 2 aliphatic heterocycles. The summed E-state index contributed by atoms with van der Waals surface area (Å²) < 4.78 is 21.2. The van der Waals surface area contributed by atoms with Crippen LogP contribution in [0.5, 0.6) is 23.0 Å². The van der Waals surface area contributed by atoms with Gasteiger partial charge in [-0.05, 0) is 41.5 Å². The van der Waals surface area contributed by atoms with Crippen molar-refractivity contribution in [2.75, 3.05) is 13.6 Å². The molecule has 0 amide bonds. The summed E-state index contributed by atoms with van der Waals surface area (Å²) in [5.74, 6) is 3.08. The van der Waals surface area contributed by atoms with Gasteiger partial charge in [-0.1, -0.05) is 6.07 Å². The highest BCUT2D eigenvalue weighted by molar-refractivity contribution is 5.80. The second-order valence-corrected chi connectivity index (χ2v) is 4.89. The number of hydrazone groups is 1. The van der Waals surface area contributed by atoms with Crippen molar-refractivity contribution in [3.05, 3.63) is 47.5 Å². The molecule has 2 aliphatic rings. The largest absolute Gasteiger partial charge is 0.454 e. The molecule has 2 heterocycles. The van der Waals surface area contributed by atoms with Crippen molar-refractivity contribution in [3.63, 3.8) is 0 Å². The van der Waals surface area contributed by atoms with E-state index < -0.39 is 0 Å². The molecule has 22 heavy (non-hydrogen) atoms. The minimum Gasteiger partial charge on any atom is -0.454 e. The van der Waals surface area contributed by atoms with Gasteiger partial charge in [0.1, 0.15) is 0 Å². The molecule has 0 spiro atoms. The van der Waals surface area contributed by atoms with Gasteiger partial charge in [0.25, 0.3) is 0 Å². The van der Waals surface area contributed by atoms with Crippen molar-refractivity contribution < 1.29 is 18.9 Å². The van der Waals surface area contributed by atoms with Crippen LogP contribution in [0.3, 0.4) is 0 Å². The van der Waals surface area contributed by atoms with Gasteiger partial charge in [0.2, 0.25) is 13.6 Å². The third-order valence-electron chi connectivity index (χ3n) is 3.42. The SMILES string of the molecule is C(=N\NCc1ccc2c(c1)OCO2)/c1ccc2c(c1)OCO2. The van der Waals surface area contributed by atoms with E-state index in [0.29, 0.717) is 6.54 Å². The van der Waals surface area contributed by atoms with Gasteiger partial charge in [-0.3, -0.25) is 0 Å². The van der Waals surface area contributed by atoms with Crippen molar-refractivity contribution in [1.29, 1.82) is 0 Å². The number of nitrogens with zero attached hydrogens (tertiary/aromatic N) is 1. The van der Waals surface area contributed by atoms with E-state index in [4.69, 9.17) is 18.9 Å². The van der Waals surface area contributed by atoms with E-state index in [1.165, 1.54) is 0 Å². The molecule has 6 heteroatoms. The Labute approximate surface area is 127 Å². The summed E-state index contributed by atoms with van der Waals surface area (Å²) in [7, 11) is 0. The maximum absolute atomic E-state index is 5.34. The molecule has 1 N–H and O–H groups in total. The molecule has 4 rings (SSSR count). The lowest BCUT2D eigenvalue weighted by atomic mass is 10.2. The molecular formula is C16H14N2O4. The number of benzene rings is 2. The molecule has 0 fully saturated rings. The van der Waals surface area contributed by atoms with Gasteiger partial charge in [0.15, 0.2) is 23.0 Å². The van der Waals surface area contributed by atoms with Crippen LogP contribution in [-0.4, -0.2) is 19.8 Å². The smallest absolute Gasteiger partial charge is 0.231 e. The van der Waals surface area contributed by atoms with Crippen molar-refractivity contribution >= 4 is 6.21 Å². The average Bonchev–Trinajstić information content (AvgIpc) is 3.19. The summed E-state index contributed by atoms with van der Waals surface area (Å²) in [6.07, 6.45) is 1.74. The standard InChI is InChI=1S/C16H14N2O4/c1-3-13-15(21-9-19-13)5-11(1)7-17-18-8-12-2-4-14-16(6-12)22-10-20-14/h1-7,18H,8-10H2/b17-7+. The Balaban J connectivity index is 1.36. The van der Waals surface area contributed by atoms with E-state index >= 15 is 0 Å². The third-order valence-corrected chi connectivity index (χ3v) is 3.42. The lowest BCUT2D eigenvalue weighted by Crippen LogP contribution is -2.05. The summed E-state index contributed by atoms with van der Waals surface area (Å²) >= 11 is 0. The molecule has 0 saturated carbocycles. The van der Waals surface area contributed by atoms with Gasteiger partial charge in [0, 0.05) is 0 Å². The fourth-order valence-corrected chi connectivity index (χ4v) is 2.30. The van der Waals surface area contributed by atoms with E-state index in [2.05, 4.69) is 10.5 Å². The van der Waals surface area contributed by atoms with Crippen LogP contribution in [0.25, 0.3) is 0 Å². The maximum Gasteiger partial charge on any atom is 0.231 e. The second kappa shape index (κ2) is 5.48. The molecule has 0 aromatic heterocycles. The third kappa shape index (κ3) is 2.50. The summed E-state index contributed by atoms with van der Waals surface area (Å²) in [5, 5.41) is 4.21. The summed E-state index contributed by atoms with van der Waals surface area (Å²) in [6.45, 7) is 1.17. The molecule has 2 aromatic rings. The quantitative estimate of drug-likeness (QED) is 0.693. The number of hydrogen-bond donors (Lipinski definition) is 1. The van der Waals surface area contributed by atoms with E-state index in [9.17, 15) is 0 Å². The number of hydrogen-bond acceptors (Lipinski definition) is 6. The van der Waals surface area contributed by atoms with Crippen LogP contribution in [0.15, 0.2) is 41.5 Å². The Kier molecular flexibility index (Phi) is 3.19. The van der Waals surface area contributed by atoms with Crippen LogP contribution < -0.4 is 24.4 Å². The van der Waals surface area contributed by atoms with Crippen LogP contribution in [0, 0.1) is 0 Å². The molecule has 2 aromatic carbocycles. The van der Waals surface area contributed by atoms with Gasteiger partial charge in [-0.25, -0.2) is 0 Å². The molecule has 0 unspecified atom stereocenters. The Hall–Kier alpha value is -2.89. The highest BCUT2D eigenvalue weighted by Crippen LogP contribution is 2.33. The normalized spacial score (nSPS) is 14.5. The molecule has 0 saturated heterocycles. The minimum absolute atomic E-state index is 0.276.